The molecule has 1 amide bonds. The summed E-state index contributed by atoms with van der Waals surface area (Å²) in [5.74, 6) is 3.61. The van der Waals surface area contributed by atoms with Crippen LogP contribution >= 0.6 is 0 Å². The molecule has 24 heavy (non-hydrogen) atoms. The van der Waals surface area contributed by atoms with E-state index in [1.807, 2.05) is 11.6 Å². The molecule has 1 aromatic heterocycles. The van der Waals surface area contributed by atoms with Gasteiger partial charge in [0.05, 0.1) is 6.54 Å². The molecule has 3 heterocycles. The van der Waals surface area contributed by atoms with Gasteiger partial charge in [-0.15, -0.1) is 10.2 Å². The molecular formula is C18H29N5O. The van der Waals surface area contributed by atoms with Crippen LogP contribution in [0.4, 0.5) is 0 Å². The van der Waals surface area contributed by atoms with E-state index < -0.39 is 0 Å². The Labute approximate surface area is 144 Å². The lowest BCUT2D eigenvalue weighted by Crippen LogP contribution is -2.37. The van der Waals surface area contributed by atoms with E-state index in [1.54, 1.807) is 6.33 Å². The van der Waals surface area contributed by atoms with E-state index in [0.29, 0.717) is 11.8 Å². The van der Waals surface area contributed by atoms with Gasteiger partial charge in [0.1, 0.15) is 12.2 Å². The zero-order valence-electron chi connectivity index (χ0n) is 14.7. The number of carbonyl (C=O) groups excluding carboxylic acids is 1. The van der Waals surface area contributed by atoms with E-state index in [4.69, 9.17) is 0 Å². The Balaban J connectivity index is 1.22. The quantitative estimate of drug-likeness (QED) is 0.842. The molecule has 0 aromatic carbocycles. The van der Waals surface area contributed by atoms with Crippen molar-refractivity contribution in [2.75, 3.05) is 26.2 Å². The number of rotatable bonds is 4. The summed E-state index contributed by atoms with van der Waals surface area (Å²) in [7, 11) is 1.99. The van der Waals surface area contributed by atoms with Gasteiger partial charge in [-0.1, -0.05) is 6.42 Å². The molecule has 2 aliphatic heterocycles. The molecule has 132 valence electrons. The van der Waals surface area contributed by atoms with Crippen molar-refractivity contribution in [1.82, 2.24) is 24.6 Å². The Hall–Kier alpha value is -1.43. The average Bonchev–Trinajstić information content (AvgIpc) is 3.26. The predicted octanol–water partition coefficient (Wildman–Crippen LogP) is 1.68. The molecule has 6 nitrogen and oxygen atoms in total. The fourth-order valence-electron chi connectivity index (χ4n) is 4.81. The van der Waals surface area contributed by atoms with E-state index >= 15 is 0 Å². The highest BCUT2D eigenvalue weighted by molar-refractivity contribution is 5.76. The molecule has 2 unspecified atom stereocenters. The van der Waals surface area contributed by atoms with E-state index in [2.05, 4.69) is 20.0 Å². The van der Waals surface area contributed by atoms with Crippen LogP contribution in [0.2, 0.25) is 0 Å². The maximum Gasteiger partial charge on any atom is 0.222 e. The SMILES string of the molecule is Cn1cnnc1CN1CCC(CC(=O)N2CC3CCCC3C2)CC1. The topological polar surface area (TPSA) is 54.3 Å². The van der Waals surface area contributed by atoms with Gasteiger partial charge >= 0.3 is 0 Å². The van der Waals surface area contributed by atoms with Crippen LogP contribution in [0.1, 0.15) is 44.3 Å². The first-order valence-electron chi connectivity index (χ1n) is 9.52. The molecule has 4 rings (SSSR count). The van der Waals surface area contributed by atoms with Crippen LogP contribution in [0.25, 0.3) is 0 Å². The maximum atomic E-state index is 12.6. The van der Waals surface area contributed by atoms with Gasteiger partial charge < -0.3 is 9.47 Å². The van der Waals surface area contributed by atoms with Crippen molar-refractivity contribution in [3.63, 3.8) is 0 Å². The first kappa shape index (κ1) is 16.1. The Morgan fingerprint density at radius 1 is 1.17 bits per heavy atom. The summed E-state index contributed by atoms with van der Waals surface area (Å²) < 4.78 is 1.99. The second kappa shape index (κ2) is 6.82. The highest BCUT2D eigenvalue weighted by atomic mass is 16.2. The Kier molecular flexibility index (Phi) is 4.57. The average molecular weight is 331 g/mol. The van der Waals surface area contributed by atoms with Crippen LogP contribution in [-0.2, 0) is 18.4 Å². The number of hydrogen-bond donors (Lipinski definition) is 0. The highest BCUT2D eigenvalue weighted by Crippen LogP contribution is 2.38. The van der Waals surface area contributed by atoms with Crippen LogP contribution in [0, 0.1) is 17.8 Å². The zero-order chi connectivity index (χ0) is 16.5. The minimum atomic E-state index is 0.413. The van der Waals surface area contributed by atoms with E-state index in [9.17, 15) is 4.79 Å². The number of nitrogens with zero attached hydrogens (tertiary/aromatic N) is 5. The molecule has 2 atom stereocenters. The van der Waals surface area contributed by atoms with Crippen LogP contribution in [0.3, 0.4) is 0 Å². The number of likely N-dealkylation sites (tertiary alicyclic amines) is 2. The van der Waals surface area contributed by atoms with Crippen LogP contribution in [0.15, 0.2) is 6.33 Å². The van der Waals surface area contributed by atoms with Crippen molar-refractivity contribution in [3.05, 3.63) is 12.2 Å². The molecule has 3 aliphatic rings. The van der Waals surface area contributed by atoms with Gasteiger partial charge in [-0.3, -0.25) is 9.69 Å². The number of amides is 1. The minimum absolute atomic E-state index is 0.413. The van der Waals surface area contributed by atoms with Crippen molar-refractivity contribution in [3.8, 4) is 0 Å². The van der Waals surface area contributed by atoms with Gasteiger partial charge in [0.2, 0.25) is 5.91 Å². The lowest BCUT2D eigenvalue weighted by molar-refractivity contribution is -0.131. The Morgan fingerprint density at radius 3 is 2.50 bits per heavy atom. The molecule has 0 bridgehead atoms. The molecular weight excluding hydrogens is 302 g/mol. The first-order chi connectivity index (χ1) is 11.7. The number of fused-ring (bicyclic) bond motifs is 1. The molecule has 1 saturated carbocycles. The smallest absolute Gasteiger partial charge is 0.222 e. The normalized spacial score (nSPS) is 28.5. The molecule has 1 aromatic rings. The summed E-state index contributed by atoms with van der Waals surface area (Å²) in [5.41, 5.74) is 0. The van der Waals surface area contributed by atoms with Crippen LogP contribution in [0.5, 0.6) is 0 Å². The zero-order valence-corrected chi connectivity index (χ0v) is 14.7. The van der Waals surface area contributed by atoms with Gasteiger partial charge in [-0.2, -0.15) is 0 Å². The van der Waals surface area contributed by atoms with Gasteiger partial charge in [-0.25, -0.2) is 0 Å². The lowest BCUT2D eigenvalue weighted by atomic mass is 9.93. The predicted molar refractivity (Wildman–Crippen MR) is 91.0 cm³/mol. The number of aryl methyl sites for hydroxylation is 1. The Morgan fingerprint density at radius 2 is 1.88 bits per heavy atom. The first-order valence-corrected chi connectivity index (χ1v) is 9.52. The fourth-order valence-corrected chi connectivity index (χ4v) is 4.81. The molecule has 6 heteroatoms. The number of piperidine rings is 1. The third-order valence-corrected chi connectivity index (χ3v) is 6.42. The van der Waals surface area contributed by atoms with Gasteiger partial charge in [-0.05, 0) is 56.5 Å². The van der Waals surface area contributed by atoms with Crippen LogP contribution < -0.4 is 0 Å². The third kappa shape index (κ3) is 3.34. The summed E-state index contributed by atoms with van der Waals surface area (Å²) in [6.07, 6.45) is 8.84. The fraction of sp³-hybridized carbons (Fsp3) is 0.833. The summed E-state index contributed by atoms with van der Waals surface area (Å²) >= 11 is 0. The lowest BCUT2D eigenvalue weighted by Gasteiger charge is -2.32. The summed E-state index contributed by atoms with van der Waals surface area (Å²) in [5, 5.41) is 8.11. The number of hydrogen-bond acceptors (Lipinski definition) is 4. The minimum Gasteiger partial charge on any atom is -0.342 e. The van der Waals surface area contributed by atoms with E-state index in [1.165, 1.54) is 19.3 Å². The summed E-state index contributed by atoms with van der Waals surface area (Å²) in [6, 6.07) is 0. The third-order valence-electron chi connectivity index (χ3n) is 6.42. The van der Waals surface area contributed by atoms with Crippen molar-refractivity contribution < 1.29 is 4.79 Å². The van der Waals surface area contributed by atoms with Gasteiger partial charge in [0.15, 0.2) is 0 Å². The number of carbonyl (C=O) groups is 1. The molecule has 0 spiro atoms. The second-order valence-electron chi connectivity index (χ2n) is 8.03. The monoisotopic (exact) mass is 331 g/mol. The van der Waals surface area contributed by atoms with Gasteiger partial charge in [0, 0.05) is 26.6 Å². The molecule has 1 aliphatic carbocycles. The van der Waals surface area contributed by atoms with E-state index in [-0.39, 0.29) is 0 Å². The largest absolute Gasteiger partial charge is 0.342 e. The Bertz CT molecular complexity index is 566. The van der Waals surface area contributed by atoms with Crippen molar-refractivity contribution in [1.29, 1.82) is 0 Å². The number of aromatic nitrogens is 3. The van der Waals surface area contributed by atoms with Crippen molar-refractivity contribution in [2.45, 2.75) is 45.1 Å². The maximum absolute atomic E-state index is 12.6. The van der Waals surface area contributed by atoms with E-state index in [0.717, 1.165) is 69.6 Å². The van der Waals surface area contributed by atoms with Gasteiger partial charge in [0.25, 0.3) is 0 Å². The molecule has 0 N–H and O–H groups in total. The summed E-state index contributed by atoms with van der Waals surface area (Å²) in [6.45, 7) is 5.07. The molecule has 3 fully saturated rings. The van der Waals surface area contributed by atoms with Crippen molar-refractivity contribution in [2.24, 2.45) is 24.8 Å². The van der Waals surface area contributed by atoms with Crippen LogP contribution in [-0.4, -0.2) is 56.7 Å². The molecule has 0 radical (unpaired) electrons. The standard InChI is InChI=1S/C18H29N5O/c1-21-13-19-20-17(21)12-22-7-5-14(6-8-22)9-18(24)23-10-15-3-2-4-16(15)11-23/h13-16H,2-12H2,1H3. The summed E-state index contributed by atoms with van der Waals surface area (Å²) in [4.78, 5) is 17.2. The molecule has 2 saturated heterocycles. The van der Waals surface area contributed by atoms with Crippen molar-refractivity contribution >= 4 is 5.91 Å². The highest BCUT2D eigenvalue weighted by Gasteiger charge is 2.38. The second-order valence-corrected chi connectivity index (χ2v) is 8.03.